The molecule has 0 spiro atoms. The van der Waals surface area contributed by atoms with E-state index in [1.165, 1.54) is 18.2 Å². The highest BCUT2D eigenvalue weighted by Gasteiger charge is 2.14. The normalized spacial score (nSPS) is 10.0. The lowest BCUT2D eigenvalue weighted by atomic mass is 10.2. The number of carboxylic acids is 1. The molecule has 17 heavy (non-hydrogen) atoms. The van der Waals surface area contributed by atoms with Crippen LogP contribution in [0.15, 0.2) is 18.2 Å². The van der Waals surface area contributed by atoms with Crippen LogP contribution in [0.4, 0.5) is 10.1 Å². The van der Waals surface area contributed by atoms with E-state index < -0.39 is 11.8 Å². The second kappa shape index (κ2) is 6.20. The second-order valence-corrected chi connectivity index (χ2v) is 3.77. The number of hydrogen-bond acceptors (Lipinski definition) is 2. The van der Waals surface area contributed by atoms with Crippen molar-refractivity contribution >= 4 is 29.7 Å². The van der Waals surface area contributed by atoms with E-state index in [1.807, 2.05) is 0 Å². The summed E-state index contributed by atoms with van der Waals surface area (Å²) in [7, 11) is 0. The van der Waals surface area contributed by atoms with Crippen molar-refractivity contribution in [2.24, 2.45) is 0 Å². The number of nitrogens with zero attached hydrogens (tertiary/aromatic N) is 1. The summed E-state index contributed by atoms with van der Waals surface area (Å²) in [5, 5.41) is 8.59. The van der Waals surface area contributed by atoms with Crippen LogP contribution in [0.3, 0.4) is 0 Å². The summed E-state index contributed by atoms with van der Waals surface area (Å²) in [6.45, 7) is 0.108. The number of carbonyl (C=O) groups excluding carboxylic acids is 1. The lowest BCUT2D eigenvalue weighted by Gasteiger charge is -2.18. The molecule has 0 saturated carbocycles. The molecule has 1 N–H and O–H groups in total. The van der Waals surface area contributed by atoms with E-state index in [4.69, 9.17) is 16.7 Å². The average molecular weight is 260 g/mol. The minimum Gasteiger partial charge on any atom is -0.481 e. The highest BCUT2D eigenvalue weighted by molar-refractivity contribution is 6.33. The van der Waals surface area contributed by atoms with Crippen LogP contribution in [0.5, 0.6) is 0 Å². The van der Waals surface area contributed by atoms with Gasteiger partial charge in [-0.1, -0.05) is 17.7 Å². The first kappa shape index (κ1) is 13.4. The summed E-state index contributed by atoms with van der Waals surface area (Å²) >= 11 is 5.79. The van der Waals surface area contributed by atoms with Crippen molar-refractivity contribution in [1.82, 2.24) is 0 Å². The van der Waals surface area contributed by atoms with E-state index in [1.54, 1.807) is 0 Å². The second-order valence-electron chi connectivity index (χ2n) is 3.37. The standard InChI is InChI=1S/C11H11ClFNO3/c12-8-3-1-4-9(13)11(8)14(7-15)6-2-5-10(16)17/h1,3-4,7H,2,5-6H2,(H,16,17). The first-order chi connectivity index (χ1) is 8.06. The number of carboxylic acid groups (broad SMARTS) is 1. The summed E-state index contributed by atoms with van der Waals surface area (Å²) in [5.74, 6) is -1.57. The maximum Gasteiger partial charge on any atom is 0.303 e. The fourth-order valence-electron chi connectivity index (χ4n) is 1.38. The molecule has 1 aromatic carbocycles. The molecule has 1 aromatic rings. The minimum absolute atomic E-state index is 0.0189. The maximum atomic E-state index is 13.5. The van der Waals surface area contributed by atoms with Gasteiger partial charge in [0.15, 0.2) is 0 Å². The van der Waals surface area contributed by atoms with Crippen LogP contribution in [-0.2, 0) is 9.59 Å². The SMILES string of the molecule is O=CN(CCCC(=O)O)c1c(F)cccc1Cl. The molecule has 0 aliphatic rings. The van der Waals surface area contributed by atoms with Crippen molar-refractivity contribution in [1.29, 1.82) is 0 Å². The van der Waals surface area contributed by atoms with Crippen molar-refractivity contribution in [3.8, 4) is 0 Å². The lowest BCUT2D eigenvalue weighted by molar-refractivity contribution is -0.137. The zero-order valence-electron chi connectivity index (χ0n) is 8.90. The predicted molar refractivity (Wildman–Crippen MR) is 61.7 cm³/mol. The fraction of sp³-hybridized carbons (Fsp3) is 0.273. The molecule has 92 valence electrons. The summed E-state index contributed by atoms with van der Waals surface area (Å²) in [6.07, 6.45) is 0.585. The molecule has 0 bridgehead atoms. The van der Waals surface area contributed by atoms with Crippen molar-refractivity contribution in [2.45, 2.75) is 12.8 Å². The molecule has 0 unspecified atom stereocenters. The Labute approximate surface area is 103 Å². The number of hydrogen-bond donors (Lipinski definition) is 1. The monoisotopic (exact) mass is 259 g/mol. The molecule has 0 saturated heterocycles. The van der Waals surface area contributed by atoms with E-state index in [0.29, 0.717) is 6.41 Å². The van der Waals surface area contributed by atoms with Gasteiger partial charge >= 0.3 is 5.97 Å². The van der Waals surface area contributed by atoms with Gasteiger partial charge in [-0.05, 0) is 18.6 Å². The Hall–Kier alpha value is -1.62. The molecule has 0 heterocycles. The Morgan fingerprint density at radius 1 is 1.53 bits per heavy atom. The largest absolute Gasteiger partial charge is 0.481 e. The van der Waals surface area contributed by atoms with Gasteiger partial charge in [0, 0.05) is 13.0 Å². The minimum atomic E-state index is -0.963. The summed E-state index contributed by atoms with van der Waals surface area (Å²) in [6, 6.07) is 4.09. The maximum absolute atomic E-state index is 13.5. The van der Waals surface area contributed by atoms with Gasteiger partial charge in [-0.3, -0.25) is 9.59 Å². The Balaban J connectivity index is 2.79. The van der Waals surface area contributed by atoms with Gasteiger partial charge in [0.25, 0.3) is 0 Å². The highest BCUT2D eigenvalue weighted by Crippen LogP contribution is 2.28. The molecular weight excluding hydrogens is 249 g/mol. The molecule has 0 aliphatic carbocycles. The smallest absolute Gasteiger partial charge is 0.303 e. The van der Waals surface area contributed by atoms with Crippen molar-refractivity contribution < 1.29 is 19.1 Å². The molecular formula is C11H11ClFNO3. The molecule has 1 amide bonds. The molecule has 0 fully saturated rings. The van der Waals surface area contributed by atoms with E-state index in [9.17, 15) is 14.0 Å². The Morgan fingerprint density at radius 2 is 2.24 bits per heavy atom. The first-order valence-electron chi connectivity index (χ1n) is 4.94. The van der Waals surface area contributed by atoms with E-state index in [2.05, 4.69) is 0 Å². The van der Waals surface area contributed by atoms with Gasteiger partial charge in [-0.15, -0.1) is 0 Å². The van der Waals surface area contributed by atoms with Gasteiger partial charge in [0.05, 0.1) is 10.7 Å². The third-order valence-electron chi connectivity index (χ3n) is 2.14. The Morgan fingerprint density at radius 3 is 2.76 bits per heavy atom. The predicted octanol–water partition coefficient (Wildman–Crippen LogP) is 2.31. The third kappa shape index (κ3) is 3.71. The van der Waals surface area contributed by atoms with Crippen LogP contribution in [0.2, 0.25) is 5.02 Å². The van der Waals surface area contributed by atoms with Gasteiger partial charge in [-0.2, -0.15) is 0 Å². The van der Waals surface area contributed by atoms with Crippen LogP contribution in [0, 0.1) is 5.82 Å². The Bertz CT molecular complexity index is 405. The number of rotatable bonds is 6. The zero-order valence-corrected chi connectivity index (χ0v) is 9.65. The van der Waals surface area contributed by atoms with Crippen LogP contribution in [-0.4, -0.2) is 24.0 Å². The van der Waals surface area contributed by atoms with Crippen molar-refractivity contribution in [3.05, 3.63) is 29.0 Å². The number of anilines is 1. The molecule has 0 atom stereocenters. The fourth-order valence-corrected chi connectivity index (χ4v) is 1.65. The molecule has 0 aliphatic heterocycles. The average Bonchev–Trinajstić information content (AvgIpc) is 2.26. The van der Waals surface area contributed by atoms with Gasteiger partial charge < -0.3 is 10.0 Å². The molecule has 1 rings (SSSR count). The van der Waals surface area contributed by atoms with Crippen LogP contribution >= 0.6 is 11.6 Å². The van der Waals surface area contributed by atoms with Crippen molar-refractivity contribution in [2.75, 3.05) is 11.4 Å². The zero-order chi connectivity index (χ0) is 12.8. The number of amides is 1. The molecule has 6 heteroatoms. The summed E-state index contributed by atoms with van der Waals surface area (Å²) in [4.78, 5) is 22.2. The number of benzene rings is 1. The van der Waals surface area contributed by atoms with Crippen LogP contribution in [0.1, 0.15) is 12.8 Å². The highest BCUT2D eigenvalue weighted by atomic mass is 35.5. The lowest BCUT2D eigenvalue weighted by Crippen LogP contribution is -2.24. The molecule has 0 aromatic heterocycles. The number of carbonyl (C=O) groups is 2. The third-order valence-corrected chi connectivity index (χ3v) is 2.45. The van der Waals surface area contributed by atoms with Crippen molar-refractivity contribution in [3.63, 3.8) is 0 Å². The summed E-state index contributed by atoms with van der Waals surface area (Å²) < 4.78 is 13.5. The van der Waals surface area contributed by atoms with E-state index in [0.717, 1.165) is 4.90 Å². The Kier molecular flexibility index (Phi) is 4.90. The van der Waals surface area contributed by atoms with Gasteiger partial charge in [-0.25, -0.2) is 4.39 Å². The quantitative estimate of drug-likeness (QED) is 0.798. The van der Waals surface area contributed by atoms with E-state index >= 15 is 0 Å². The van der Waals surface area contributed by atoms with Crippen LogP contribution < -0.4 is 4.90 Å². The van der Waals surface area contributed by atoms with Crippen LogP contribution in [0.25, 0.3) is 0 Å². The topological polar surface area (TPSA) is 57.6 Å². The number of para-hydroxylation sites is 1. The first-order valence-corrected chi connectivity index (χ1v) is 5.31. The number of halogens is 2. The van der Waals surface area contributed by atoms with E-state index in [-0.39, 0.29) is 30.1 Å². The van der Waals surface area contributed by atoms with Gasteiger partial charge in [0.2, 0.25) is 6.41 Å². The number of aliphatic carboxylic acids is 1. The molecule has 4 nitrogen and oxygen atoms in total. The summed E-state index contributed by atoms with van der Waals surface area (Å²) in [5.41, 5.74) is -0.0189. The molecule has 0 radical (unpaired) electrons. The van der Waals surface area contributed by atoms with Gasteiger partial charge in [0.1, 0.15) is 5.82 Å².